The maximum absolute atomic E-state index is 12.4. The van der Waals surface area contributed by atoms with E-state index in [1.807, 2.05) is 11.0 Å². The van der Waals surface area contributed by atoms with E-state index in [2.05, 4.69) is 4.90 Å². The molecular formula is C16H21N3O3. The van der Waals surface area contributed by atoms with Crippen molar-refractivity contribution >= 4 is 17.3 Å². The van der Waals surface area contributed by atoms with Crippen LogP contribution in [0.2, 0.25) is 0 Å². The molecule has 0 aromatic heterocycles. The molecule has 118 valence electrons. The molecule has 2 fully saturated rings. The van der Waals surface area contributed by atoms with E-state index < -0.39 is 0 Å². The van der Waals surface area contributed by atoms with Crippen LogP contribution in [-0.2, 0) is 4.79 Å². The maximum atomic E-state index is 12.4. The fourth-order valence-electron chi connectivity index (χ4n) is 3.42. The second kappa shape index (κ2) is 6.34. The minimum atomic E-state index is -0.372. The summed E-state index contributed by atoms with van der Waals surface area (Å²) in [5, 5.41) is 10.9. The van der Waals surface area contributed by atoms with Crippen LogP contribution < -0.4 is 4.90 Å². The van der Waals surface area contributed by atoms with Gasteiger partial charge in [0.05, 0.1) is 4.92 Å². The molecule has 1 saturated carbocycles. The van der Waals surface area contributed by atoms with Gasteiger partial charge in [0.2, 0.25) is 5.91 Å². The fraction of sp³-hybridized carbons (Fsp3) is 0.562. The zero-order valence-electron chi connectivity index (χ0n) is 12.6. The lowest BCUT2D eigenvalue weighted by Gasteiger charge is -2.37. The van der Waals surface area contributed by atoms with Gasteiger partial charge in [0.25, 0.3) is 5.69 Å². The molecule has 1 aliphatic carbocycles. The van der Waals surface area contributed by atoms with Gasteiger partial charge in [-0.05, 0) is 18.9 Å². The summed E-state index contributed by atoms with van der Waals surface area (Å²) in [6, 6.07) is 6.71. The summed E-state index contributed by atoms with van der Waals surface area (Å²) in [6.07, 6.45) is 4.40. The van der Waals surface area contributed by atoms with E-state index in [4.69, 9.17) is 0 Å². The van der Waals surface area contributed by atoms with Gasteiger partial charge in [0, 0.05) is 49.9 Å². The predicted molar refractivity (Wildman–Crippen MR) is 83.8 cm³/mol. The van der Waals surface area contributed by atoms with Gasteiger partial charge in [-0.2, -0.15) is 0 Å². The van der Waals surface area contributed by atoms with Crippen LogP contribution in [0.15, 0.2) is 24.3 Å². The number of non-ortho nitro benzene ring substituents is 1. The molecule has 0 radical (unpaired) electrons. The Morgan fingerprint density at radius 3 is 2.45 bits per heavy atom. The second-order valence-corrected chi connectivity index (χ2v) is 6.07. The number of piperazine rings is 1. The highest BCUT2D eigenvalue weighted by Gasteiger charge is 2.29. The van der Waals surface area contributed by atoms with Gasteiger partial charge in [-0.25, -0.2) is 0 Å². The van der Waals surface area contributed by atoms with Gasteiger partial charge in [-0.1, -0.05) is 18.9 Å². The normalized spacial score (nSPS) is 19.5. The van der Waals surface area contributed by atoms with E-state index in [1.165, 1.54) is 18.9 Å². The Balaban J connectivity index is 1.60. The highest BCUT2D eigenvalue weighted by molar-refractivity contribution is 5.79. The lowest BCUT2D eigenvalue weighted by Crippen LogP contribution is -2.50. The van der Waals surface area contributed by atoms with Crippen molar-refractivity contribution in [2.45, 2.75) is 25.7 Å². The first-order chi connectivity index (χ1) is 10.6. The Morgan fingerprint density at radius 2 is 1.82 bits per heavy atom. The summed E-state index contributed by atoms with van der Waals surface area (Å²) in [5.41, 5.74) is 0.976. The Bertz CT molecular complexity index is 562. The third kappa shape index (κ3) is 3.05. The Hall–Kier alpha value is -2.11. The number of nitrogens with zero attached hydrogens (tertiary/aromatic N) is 3. The van der Waals surface area contributed by atoms with Crippen LogP contribution >= 0.6 is 0 Å². The average Bonchev–Trinajstić information content (AvgIpc) is 3.09. The number of nitro benzene ring substituents is 1. The van der Waals surface area contributed by atoms with Crippen molar-refractivity contribution in [3.05, 3.63) is 34.4 Å². The lowest BCUT2D eigenvalue weighted by atomic mass is 10.1. The zero-order valence-corrected chi connectivity index (χ0v) is 12.6. The highest BCUT2D eigenvalue weighted by Crippen LogP contribution is 2.28. The van der Waals surface area contributed by atoms with Gasteiger partial charge in [-0.3, -0.25) is 14.9 Å². The van der Waals surface area contributed by atoms with E-state index in [0.29, 0.717) is 19.0 Å². The number of nitro groups is 1. The summed E-state index contributed by atoms with van der Waals surface area (Å²) >= 11 is 0. The molecule has 0 spiro atoms. The molecule has 1 heterocycles. The van der Waals surface area contributed by atoms with E-state index in [9.17, 15) is 14.9 Å². The molecular weight excluding hydrogens is 282 g/mol. The smallest absolute Gasteiger partial charge is 0.271 e. The molecule has 0 atom stereocenters. The molecule has 6 heteroatoms. The molecule has 6 nitrogen and oxygen atoms in total. The van der Waals surface area contributed by atoms with Crippen LogP contribution in [0.1, 0.15) is 25.7 Å². The van der Waals surface area contributed by atoms with Crippen molar-refractivity contribution in [2.24, 2.45) is 5.92 Å². The average molecular weight is 303 g/mol. The molecule has 1 aromatic carbocycles. The number of hydrogen-bond acceptors (Lipinski definition) is 4. The summed E-state index contributed by atoms with van der Waals surface area (Å²) < 4.78 is 0. The molecule has 1 amide bonds. The minimum Gasteiger partial charge on any atom is -0.368 e. The largest absolute Gasteiger partial charge is 0.368 e. The van der Waals surface area contributed by atoms with Crippen LogP contribution in [0.4, 0.5) is 11.4 Å². The van der Waals surface area contributed by atoms with Crippen molar-refractivity contribution < 1.29 is 9.72 Å². The monoisotopic (exact) mass is 303 g/mol. The first kappa shape index (κ1) is 14.8. The third-order valence-electron chi connectivity index (χ3n) is 4.70. The fourth-order valence-corrected chi connectivity index (χ4v) is 3.42. The number of anilines is 1. The van der Waals surface area contributed by atoms with Gasteiger partial charge < -0.3 is 9.80 Å². The molecule has 1 aliphatic heterocycles. The molecule has 2 aliphatic rings. The SMILES string of the molecule is O=C(C1CCCC1)N1CCN(c2cccc([N+](=O)[O-])c2)CC1. The quantitative estimate of drug-likeness (QED) is 0.635. The molecule has 0 bridgehead atoms. The number of carbonyl (C=O) groups excluding carboxylic acids is 1. The van der Waals surface area contributed by atoms with Gasteiger partial charge in [-0.15, -0.1) is 0 Å². The third-order valence-corrected chi connectivity index (χ3v) is 4.70. The van der Waals surface area contributed by atoms with Crippen molar-refractivity contribution in [1.29, 1.82) is 0 Å². The topological polar surface area (TPSA) is 66.7 Å². The Kier molecular flexibility index (Phi) is 4.27. The number of benzene rings is 1. The standard InChI is InChI=1S/C16H21N3O3/c20-16(13-4-1-2-5-13)18-10-8-17(9-11-18)14-6-3-7-15(12-14)19(21)22/h3,6-7,12-13H,1-2,4-5,8-11H2. The lowest BCUT2D eigenvalue weighted by molar-refractivity contribution is -0.384. The van der Waals surface area contributed by atoms with E-state index in [1.54, 1.807) is 12.1 Å². The molecule has 1 saturated heterocycles. The van der Waals surface area contributed by atoms with Crippen LogP contribution in [-0.4, -0.2) is 41.9 Å². The summed E-state index contributed by atoms with van der Waals surface area (Å²) in [4.78, 5) is 27.0. The Labute approximate surface area is 129 Å². The minimum absolute atomic E-state index is 0.113. The molecule has 0 unspecified atom stereocenters. The van der Waals surface area contributed by atoms with Crippen molar-refractivity contribution in [2.75, 3.05) is 31.1 Å². The first-order valence-electron chi connectivity index (χ1n) is 7.93. The van der Waals surface area contributed by atoms with Crippen LogP contribution in [0.25, 0.3) is 0 Å². The first-order valence-corrected chi connectivity index (χ1v) is 7.93. The van der Waals surface area contributed by atoms with Crippen LogP contribution in [0.3, 0.4) is 0 Å². The second-order valence-electron chi connectivity index (χ2n) is 6.07. The molecule has 3 rings (SSSR count). The molecule has 1 aromatic rings. The number of amides is 1. The Morgan fingerprint density at radius 1 is 1.14 bits per heavy atom. The van der Waals surface area contributed by atoms with Gasteiger partial charge in [0.1, 0.15) is 0 Å². The number of carbonyl (C=O) groups is 1. The van der Waals surface area contributed by atoms with Crippen LogP contribution in [0.5, 0.6) is 0 Å². The van der Waals surface area contributed by atoms with E-state index >= 15 is 0 Å². The van der Waals surface area contributed by atoms with Crippen molar-refractivity contribution in [3.8, 4) is 0 Å². The highest BCUT2D eigenvalue weighted by atomic mass is 16.6. The van der Waals surface area contributed by atoms with Crippen LogP contribution in [0, 0.1) is 16.0 Å². The molecule has 0 N–H and O–H groups in total. The van der Waals surface area contributed by atoms with Crippen molar-refractivity contribution in [3.63, 3.8) is 0 Å². The predicted octanol–water partition coefficient (Wildman–Crippen LogP) is 2.43. The zero-order chi connectivity index (χ0) is 15.5. The summed E-state index contributed by atoms with van der Waals surface area (Å²) in [7, 11) is 0. The maximum Gasteiger partial charge on any atom is 0.271 e. The number of rotatable bonds is 3. The summed E-state index contributed by atoms with van der Waals surface area (Å²) in [5.74, 6) is 0.528. The van der Waals surface area contributed by atoms with Gasteiger partial charge in [0.15, 0.2) is 0 Å². The van der Waals surface area contributed by atoms with Crippen molar-refractivity contribution in [1.82, 2.24) is 4.90 Å². The van der Waals surface area contributed by atoms with E-state index in [-0.39, 0.29) is 16.5 Å². The number of hydrogen-bond donors (Lipinski definition) is 0. The summed E-state index contributed by atoms with van der Waals surface area (Å²) in [6.45, 7) is 2.88. The van der Waals surface area contributed by atoms with E-state index in [0.717, 1.165) is 31.6 Å². The molecule has 22 heavy (non-hydrogen) atoms. The van der Waals surface area contributed by atoms with Gasteiger partial charge >= 0.3 is 0 Å².